The van der Waals surface area contributed by atoms with E-state index >= 15 is 0 Å². The molecule has 0 unspecified atom stereocenters. The Morgan fingerprint density at radius 3 is 2.50 bits per heavy atom. The Labute approximate surface area is 119 Å². The normalized spacial score (nSPS) is 19.1. The first-order valence-corrected chi connectivity index (χ1v) is 7.92. The van der Waals surface area contributed by atoms with E-state index in [4.69, 9.17) is 5.11 Å². The maximum Gasteiger partial charge on any atom is 0.335 e. The highest BCUT2D eigenvalue weighted by molar-refractivity contribution is 7.89. The number of carboxylic acid groups (broad SMARTS) is 1. The van der Waals surface area contributed by atoms with Gasteiger partial charge in [-0.15, -0.1) is 0 Å². The quantitative estimate of drug-likeness (QED) is 0.927. The minimum absolute atomic E-state index is 0.0320. The molecule has 1 N–H and O–H groups in total. The number of sulfonamides is 1. The fourth-order valence-corrected chi connectivity index (χ4v) is 4.07. The zero-order valence-electron chi connectivity index (χ0n) is 11.9. The van der Waals surface area contributed by atoms with Crippen LogP contribution in [0.15, 0.2) is 23.1 Å². The molecule has 0 atom stereocenters. The molecule has 0 bridgehead atoms. The van der Waals surface area contributed by atoms with E-state index in [-0.39, 0.29) is 15.9 Å². The van der Waals surface area contributed by atoms with E-state index in [1.54, 1.807) is 6.92 Å². The molecule has 20 heavy (non-hydrogen) atoms. The average molecular weight is 297 g/mol. The smallest absolute Gasteiger partial charge is 0.335 e. The van der Waals surface area contributed by atoms with E-state index in [1.165, 1.54) is 22.5 Å². The largest absolute Gasteiger partial charge is 0.478 e. The SMILES string of the molecule is Cc1ccc(S(=O)(=O)N2CCC(C)(C)C2)cc1C(=O)O. The van der Waals surface area contributed by atoms with E-state index in [1.807, 2.05) is 13.8 Å². The summed E-state index contributed by atoms with van der Waals surface area (Å²) in [5.74, 6) is -1.11. The number of aromatic carboxylic acids is 1. The molecule has 0 aromatic heterocycles. The van der Waals surface area contributed by atoms with Crippen LogP contribution >= 0.6 is 0 Å². The molecule has 1 aromatic carbocycles. The number of carbonyl (C=O) groups is 1. The van der Waals surface area contributed by atoms with Crippen molar-refractivity contribution in [3.05, 3.63) is 29.3 Å². The topological polar surface area (TPSA) is 74.7 Å². The predicted molar refractivity (Wildman–Crippen MR) is 75.3 cm³/mol. The standard InChI is InChI=1S/C14H19NO4S/c1-10-4-5-11(8-12(10)13(16)17)20(18,19)15-7-6-14(2,3)9-15/h4-5,8H,6-7,9H2,1-3H3,(H,16,17). The van der Waals surface area contributed by atoms with Gasteiger partial charge in [-0.05, 0) is 36.5 Å². The number of nitrogens with zero attached hydrogens (tertiary/aromatic N) is 1. The van der Waals surface area contributed by atoms with Crippen molar-refractivity contribution in [1.29, 1.82) is 0 Å². The second-order valence-corrected chi connectivity index (χ2v) is 7.97. The predicted octanol–water partition coefficient (Wildman–Crippen LogP) is 2.11. The van der Waals surface area contributed by atoms with Crippen LogP contribution in [0.1, 0.15) is 36.2 Å². The highest BCUT2D eigenvalue weighted by Gasteiger charge is 2.37. The molecular formula is C14H19NO4S. The molecule has 0 amide bonds. The molecule has 1 aromatic rings. The van der Waals surface area contributed by atoms with Crippen LogP contribution in [-0.4, -0.2) is 36.9 Å². The van der Waals surface area contributed by atoms with E-state index in [0.717, 1.165) is 6.42 Å². The maximum atomic E-state index is 12.5. The molecule has 1 aliphatic rings. The molecule has 2 rings (SSSR count). The summed E-state index contributed by atoms with van der Waals surface area (Å²) < 4.78 is 26.5. The minimum Gasteiger partial charge on any atom is -0.478 e. The van der Waals surface area contributed by atoms with Crippen molar-refractivity contribution in [2.45, 2.75) is 32.1 Å². The summed E-state index contributed by atoms with van der Waals surface area (Å²) in [5, 5.41) is 9.10. The summed E-state index contributed by atoms with van der Waals surface area (Å²) in [7, 11) is -3.61. The van der Waals surface area contributed by atoms with Gasteiger partial charge in [0.05, 0.1) is 10.5 Å². The second kappa shape index (κ2) is 4.86. The van der Waals surface area contributed by atoms with Gasteiger partial charge in [0, 0.05) is 13.1 Å². The third kappa shape index (κ3) is 2.71. The van der Waals surface area contributed by atoms with Crippen LogP contribution in [0.5, 0.6) is 0 Å². The number of carboxylic acids is 1. The Bertz CT molecular complexity index is 649. The Balaban J connectivity index is 2.41. The fourth-order valence-electron chi connectivity index (χ4n) is 2.41. The van der Waals surface area contributed by atoms with Crippen molar-refractivity contribution in [1.82, 2.24) is 4.31 Å². The third-order valence-electron chi connectivity index (χ3n) is 3.72. The van der Waals surface area contributed by atoms with Crippen LogP contribution < -0.4 is 0 Å². The lowest BCUT2D eigenvalue weighted by Crippen LogP contribution is -2.30. The molecule has 1 fully saturated rings. The summed E-state index contributed by atoms with van der Waals surface area (Å²) in [6.45, 7) is 6.65. The van der Waals surface area contributed by atoms with Crippen LogP contribution in [0.3, 0.4) is 0 Å². The van der Waals surface area contributed by atoms with E-state index < -0.39 is 16.0 Å². The Morgan fingerprint density at radius 2 is 2.00 bits per heavy atom. The van der Waals surface area contributed by atoms with E-state index in [2.05, 4.69) is 0 Å². The molecule has 5 nitrogen and oxygen atoms in total. The molecular weight excluding hydrogens is 278 g/mol. The lowest BCUT2D eigenvalue weighted by atomic mass is 9.93. The molecule has 1 heterocycles. The molecule has 110 valence electrons. The molecule has 0 aliphatic carbocycles. The summed E-state index contributed by atoms with van der Waals surface area (Å²) in [5.41, 5.74) is 0.552. The van der Waals surface area contributed by atoms with Crippen LogP contribution in [0.25, 0.3) is 0 Å². The van der Waals surface area contributed by atoms with Gasteiger partial charge in [-0.25, -0.2) is 13.2 Å². The van der Waals surface area contributed by atoms with Gasteiger partial charge in [0.2, 0.25) is 10.0 Å². The van der Waals surface area contributed by atoms with Gasteiger partial charge in [0.1, 0.15) is 0 Å². The van der Waals surface area contributed by atoms with E-state index in [0.29, 0.717) is 18.7 Å². The lowest BCUT2D eigenvalue weighted by molar-refractivity contribution is 0.0696. The lowest BCUT2D eigenvalue weighted by Gasteiger charge is -2.20. The summed E-state index contributed by atoms with van der Waals surface area (Å²) in [4.78, 5) is 11.2. The average Bonchev–Trinajstić information content (AvgIpc) is 2.70. The van der Waals surface area contributed by atoms with Crippen molar-refractivity contribution < 1.29 is 18.3 Å². The molecule has 6 heteroatoms. The minimum atomic E-state index is -3.61. The molecule has 0 radical (unpaired) electrons. The number of rotatable bonds is 3. The van der Waals surface area contributed by atoms with Gasteiger partial charge in [-0.3, -0.25) is 0 Å². The highest BCUT2D eigenvalue weighted by Crippen LogP contribution is 2.33. The first kappa shape index (κ1) is 15.0. The first-order valence-electron chi connectivity index (χ1n) is 6.48. The van der Waals surface area contributed by atoms with Gasteiger partial charge in [0.15, 0.2) is 0 Å². The van der Waals surface area contributed by atoms with Gasteiger partial charge in [-0.1, -0.05) is 19.9 Å². The Hall–Kier alpha value is -1.40. The van der Waals surface area contributed by atoms with E-state index in [9.17, 15) is 13.2 Å². The fraction of sp³-hybridized carbons (Fsp3) is 0.500. The summed E-state index contributed by atoms with van der Waals surface area (Å²) in [6, 6.07) is 4.26. The zero-order chi connectivity index (χ0) is 15.1. The summed E-state index contributed by atoms with van der Waals surface area (Å²) >= 11 is 0. The second-order valence-electron chi connectivity index (χ2n) is 6.03. The number of hydrogen-bond donors (Lipinski definition) is 1. The van der Waals surface area contributed by atoms with Crippen molar-refractivity contribution in [3.63, 3.8) is 0 Å². The van der Waals surface area contributed by atoms with Gasteiger partial charge >= 0.3 is 5.97 Å². The number of hydrogen-bond acceptors (Lipinski definition) is 3. The monoisotopic (exact) mass is 297 g/mol. The molecule has 0 spiro atoms. The van der Waals surface area contributed by atoms with Gasteiger partial charge < -0.3 is 5.11 Å². The number of aryl methyl sites for hydroxylation is 1. The first-order chi connectivity index (χ1) is 9.13. The van der Waals surface area contributed by atoms with Crippen LogP contribution in [0.2, 0.25) is 0 Å². The zero-order valence-corrected chi connectivity index (χ0v) is 12.7. The van der Waals surface area contributed by atoms with Crippen molar-refractivity contribution in [3.8, 4) is 0 Å². The number of benzene rings is 1. The van der Waals surface area contributed by atoms with Crippen LogP contribution in [-0.2, 0) is 10.0 Å². The van der Waals surface area contributed by atoms with Gasteiger partial charge in [-0.2, -0.15) is 4.31 Å². The van der Waals surface area contributed by atoms with Gasteiger partial charge in [0.25, 0.3) is 0 Å². The van der Waals surface area contributed by atoms with Crippen LogP contribution in [0.4, 0.5) is 0 Å². The summed E-state index contributed by atoms with van der Waals surface area (Å²) in [6.07, 6.45) is 0.809. The molecule has 0 saturated carbocycles. The maximum absolute atomic E-state index is 12.5. The van der Waals surface area contributed by atoms with Crippen LogP contribution in [0, 0.1) is 12.3 Å². The van der Waals surface area contributed by atoms with Crippen molar-refractivity contribution in [2.75, 3.05) is 13.1 Å². The van der Waals surface area contributed by atoms with Crippen molar-refractivity contribution in [2.24, 2.45) is 5.41 Å². The molecule has 1 aliphatic heterocycles. The Morgan fingerprint density at radius 1 is 1.35 bits per heavy atom. The third-order valence-corrected chi connectivity index (χ3v) is 5.56. The molecule has 1 saturated heterocycles. The Kier molecular flexibility index (Phi) is 3.64. The highest BCUT2D eigenvalue weighted by atomic mass is 32.2. The van der Waals surface area contributed by atoms with Crippen molar-refractivity contribution >= 4 is 16.0 Å².